The zero-order chi connectivity index (χ0) is 18.1. The summed E-state index contributed by atoms with van der Waals surface area (Å²) in [5, 5.41) is 3.02. The summed E-state index contributed by atoms with van der Waals surface area (Å²) in [4.78, 5) is 25.3. The highest BCUT2D eigenvalue weighted by molar-refractivity contribution is 5.85. The van der Waals surface area contributed by atoms with Gasteiger partial charge in [-0.15, -0.1) is 12.4 Å². The van der Waals surface area contributed by atoms with Crippen molar-refractivity contribution in [2.24, 2.45) is 5.73 Å². The summed E-state index contributed by atoms with van der Waals surface area (Å²) in [5.41, 5.74) is 6.57. The Morgan fingerprint density at radius 3 is 2.48 bits per heavy atom. The number of ether oxygens (including phenoxy) is 1. The normalized spacial score (nSPS) is 12.5. The molecule has 0 radical (unpaired) electrons. The zero-order valence-electron chi connectivity index (χ0n) is 15.5. The number of hydrogen-bond donors (Lipinski definition) is 2. The molecule has 25 heavy (non-hydrogen) atoms. The molecular formula is C18H30ClN3O3. The van der Waals surface area contributed by atoms with Crippen molar-refractivity contribution in [1.82, 2.24) is 10.2 Å². The third-order valence-electron chi connectivity index (χ3n) is 3.71. The van der Waals surface area contributed by atoms with E-state index in [-0.39, 0.29) is 42.9 Å². The van der Waals surface area contributed by atoms with Gasteiger partial charge in [-0.25, -0.2) is 0 Å². The monoisotopic (exact) mass is 371 g/mol. The lowest BCUT2D eigenvalue weighted by molar-refractivity contribution is -0.130. The summed E-state index contributed by atoms with van der Waals surface area (Å²) in [6.07, 6.45) is 1.78. The molecule has 2 unspecified atom stereocenters. The largest absolute Gasteiger partial charge is 0.483 e. The number of nitrogens with two attached hydrogens (primary N) is 1. The second-order valence-electron chi connectivity index (χ2n) is 6.16. The van der Waals surface area contributed by atoms with Crippen molar-refractivity contribution in [2.75, 3.05) is 20.7 Å². The van der Waals surface area contributed by atoms with Crippen molar-refractivity contribution in [3.63, 3.8) is 0 Å². The SMILES string of the molecule is CCC(NC(=O)CCC(C)N)c1ccccc1OCC(=O)N(C)C.Cl. The molecule has 0 aliphatic heterocycles. The number of hydrogen-bond acceptors (Lipinski definition) is 4. The van der Waals surface area contributed by atoms with Crippen LogP contribution < -0.4 is 15.8 Å². The van der Waals surface area contributed by atoms with Crippen LogP contribution >= 0.6 is 12.4 Å². The molecule has 0 saturated heterocycles. The maximum Gasteiger partial charge on any atom is 0.259 e. The number of para-hydroxylation sites is 1. The van der Waals surface area contributed by atoms with Crippen molar-refractivity contribution >= 4 is 24.2 Å². The lowest BCUT2D eigenvalue weighted by atomic mass is 10.0. The Labute approximate surface area is 156 Å². The Kier molecular flexibility index (Phi) is 10.9. The Bertz CT molecular complexity index is 550. The van der Waals surface area contributed by atoms with Crippen LogP contribution in [0.4, 0.5) is 0 Å². The number of carbonyl (C=O) groups excluding carboxylic acids is 2. The van der Waals surface area contributed by atoms with Crippen molar-refractivity contribution in [3.8, 4) is 5.75 Å². The van der Waals surface area contributed by atoms with Crippen LogP contribution in [0.25, 0.3) is 0 Å². The van der Waals surface area contributed by atoms with Crippen LogP contribution in [-0.2, 0) is 9.59 Å². The van der Waals surface area contributed by atoms with Crippen molar-refractivity contribution < 1.29 is 14.3 Å². The summed E-state index contributed by atoms with van der Waals surface area (Å²) in [6, 6.07) is 7.32. The molecule has 7 heteroatoms. The van der Waals surface area contributed by atoms with E-state index in [1.54, 1.807) is 14.1 Å². The molecule has 0 bridgehead atoms. The Morgan fingerprint density at radius 2 is 1.92 bits per heavy atom. The quantitative estimate of drug-likeness (QED) is 0.697. The minimum atomic E-state index is -0.156. The van der Waals surface area contributed by atoms with Gasteiger partial charge in [-0.2, -0.15) is 0 Å². The first-order valence-electron chi connectivity index (χ1n) is 8.32. The zero-order valence-corrected chi connectivity index (χ0v) is 16.3. The van der Waals surface area contributed by atoms with E-state index in [9.17, 15) is 9.59 Å². The van der Waals surface area contributed by atoms with Gasteiger partial charge >= 0.3 is 0 Å². The molecule has 3 N–H and O–H groups in total. The Balaban J connectivity index is 0.00000576. The molecule has 0 aliphatic carbocycles. The first-order chi connectivity index (χ1) is 11.3. The summed E-state index contributed by atoms with van der Waals surface area (Å²) >= 11 is 0. The molecular weight excluding hydrogens is 342 g/mol. The maximum absolute atomic E-state index is 12.1. The van der Waals surface area contributed by atoms with Gasteiger partial charge in [-0.05, 0) is 25.8 Å². The van der Waals surface area contributed by atoms with Crippen molar-refractivity contribution in [3.05, 3.63) is 29.8 Å². The number of carbonyl (C=O) groups is 2. The number of benzene rings is 1. The summed E-state index contributed by atoms with van der Waals surface area (Å²) in [6.45, 7) is 3.85. The van der Waals surface area contributed by atoms with Gasteiger partial charge in [0.15, 0.2) is 6.61 Å². The van der Waals surface area contributed by atoms with Crippen molar-refractivity contribution in [1.29, 1.82) is 0 Å². The molecule has 1 aromatic carbocycles. The van der Waals surface area contributed by atoms with E-state index < -0.39 is 0 Å². The molecule has 0 saturated carbocycles. The molecule has 142 valence electrons. The fraction of sp³-hybridized carbons (Fsp3) is 0.556. The van der Waals surface area contributed by atoms with Crippen LogP contribution in [-0.4, -0.2) is 43.5 Å². The van der Waals surface area contributed by atoms with Gasteiger partial charge in [-0.1, -0.05) is 25.1 Å². The van der Waals surface area contributed by atoms with Crippen LogP contribution in [0.5, 0.6) is 5.75 Å². The van der Waals surface area contributed by atoms with Crippen LogP contribution in [0.2, 0.25) is 0 Å². The fourth-order valence-electron chi connectivity index (χ4n) is 2.19. The molecule has 0 aliphatic rings. The number of amides is 2. The highest BCUT2D eigenvalue weighted by Gasteiger charge is 2.18. The Hall–Kier alpha value is -1.79. The van der Waals surface area contributed by atoms with Crippen LogP contribution in [0, 0.1) is 0 Å². The highest BCUT2D eigenvalue weighted by atomic mass is 35.5. The topological polar surface area (TPSA) is 84.7 Å². The van der Waals surface area contributed by atoms with Gasteiger partial charge in [-0.3, -0.25) is 9.59 Å². The van der Waals surface area contributed by atoms with Crippen LogP contribution in [0.1, 0.15) is 44.7 Å². The number of nitrogens with zero attached hydrogens (tertiary/aromatic N) is 1. The molecule has 1 aromatic rings. The van der Waals surface area contributed by atoms with E-state index in [0.717, 1.165) is 12.0 Å². The van der Waals surface area contributed by atoms with E-state index in [1.807, 2.05) is 38.1 Å². The molecule has 0 spiro atoms. The molecule has 0 aromatic heterocycles. The molecule has 6 nitrogen and oxygen atoms in total. The second-order valence-corrected chi connectivity index (χ2v) is 6.16. The molecule has 0 fully saturated rings. The van der Waals surface area contributed by atoms with E-state index in [4.69, 9.17) is 10.5 Å². The van der Waals surface area contributed by atoms with Crippen LogP contribution in [0.15, 0.2) is 24.3 Å². The van der Waals surface area contributed by atoms with Gasteiger partial charge in [0.05, 0.1) is 6.04 Å². The van der Waals surface area contributed by atoms with Gasteiger partial charge in [0.1, 0.15) is 5.75 Å². The highest BCUT2D eigenvalue weighted by Crippen LogP contribution is 2.27. The van der Waals surface area contributed by atoms with E-state index >= 15 is 0 Å². The maximum atomic E-state index is 12.1. The van der Waals surface area contributed by atoms with Crippen LogP contribution in [0.3, 0.4) is 0 Å². The lowest BCUT2D eigenvalue weighted by Gasteiger charge is -2.21. The molecule has 1 rings (SSSR count). The number of nitrogens with one attached hydrogen (secondary N) is 1. The summed E-state index contributed by atoms with van der Waals surface area (Å²) in [5.74, 6) is 0.476. The van der Waals surface area contributed by atoms with E-state index in [2.05, 4.69) is 5.32 Å². The third kappa shape index (κ3) is 8.23. The number of halogens is 1. The lowest BCUT2D eigenvalue weighted by Crippen LogP contribution is -2.30. The summed E-state index contributed by atoms with van der Waals surface area (Å²) in [7, 11) is 3.37. The summed E-state index contributed by atoms with van der Waals surface area (Å²) < 4.78 is 5.66. The number of likely N-dealkylation sites (N-methyl/N-ethyl adjacent to an activating group) is 1. The second kappa shape index (κ2) is 11.7. The average Bonchev–Trinajstić information content (AvgIpc) is 2.55. The van der Waals surface area contributed by atoms with Gasteiger partial charge in [0.25, 0.3) is 5.91 Å². The number of rotatable bonds is 9. The van der Waals surface area contributed by atoms with Crippen molar-refractivity contribution in [2.45, 2.75) is 45.2 Å². The first-order valence-corrected chi connectivity index (χ1v) is 8.32. The minimum absolute atomic E-state index is 0. The molecule has 2 atom stereocenters. The van der Waals surface area contributed by atoms with Gasteiger partial charge in [0, 0.05) is 32.1 Å². The minimum Gasteiger partial charge on any atom is -0.483 e. The van der Waals surface area contributed by atoms with Gasteiger partial charge in [0.2, 0.25) is 5.91 Å². The van der Waals surface area contributed by atoms with Gasteiger partial charge < -0.3 is 20.7 Å². The average molecular weight is 372 g/mol. The molecule has 0 heterocycles. The first kappa shape index (κ1) is 23.2. The molecule has 2 amide bonds. The third-order valence-corrected chi connectivity index (χ3v) is 3.71. The standard InChI is InChI=1S/C18H29N3O3.ClH/c1-5-15(20-17(22)11-10-13(2)19)14-8-6-7-9-16(14)24-12-18(23)21(3)4;/h6-9,13,15H,5,10-12,19H2,1-4H3,(H,20,22);1H. The Morgan fingerprint density at radius 1 is 1.28 bits per heavy atom. The van der Waals surface area contributed by atoms with E-state index in [1.165, 1.54) is 4.90 Å². The fourth-order valence-corrected chi connectivity index (χ4v) is 2.19. The predicted molar refractivity (Wildman–Crippen MR) is 102 cm³/mol. The predicted octanol–water partition coefficient (Wildman–Crippen LogP) is 2.27. The smallest absolute Gasteiger partial charge is 0.259 e. The van der Waals surface area contributed by atoms with E-state index in [0.29, 0.717) is 18.6 Å².